The molecule has 0 radical (unpaired) electrons. The highest BCUT2D eigenvalue weighted by molar-refractivity contribution is 9.12. The zero-order chi connectivity index (χ0) is 8.39. The average molecular weight is 223 g/mol. The van der Waals surface area contributed by atoms with Gasteiger partial charge in [0.25, 0.3) is 0 Å². The molecule has 1 aliphatic rings. The van der Waals surface area contributed by atoms with Gasteiger partial charge in [0, 0.05) is 6.42 Å². The maximum absolute atomic E-state index is 3.50. The Labute approximate surface area is 81.4 Å². The second kappa shape index (κ2) is 3.44. The molecule has 0 fully saturated rings. The van der Waals surface area contributed by atoms with Crippen LogP contribution in [0.4, 0.5) is 0 Å². The van der Waals surface area contributed by atoms with Crippen LogP contribution in [0, 0.1) is 0 Å². The van der Waals surface area contributed by atoms with Crippen LogP contribution >= 0.6 is 15.9 Å². The van der Waals surface area contributed by atoms with E-state index in [0.29, 0.717) is 0 Å². The van der Waals surface area contributed by atoms with E-state index >= 15 is 0 Å². The maximum Gasteiger partial charge on any atom is 0.00102 e. The lowest BCUT2D eigenvalue weighted by Gasteiger charge is -1.96. The van der Waals surface area contributed by atoms with Gasteiger partial charge in [-0.3, -0.25) is 0 Å². The van der Waals surface area contributed by atoms with Crippen molar-refractivity contribution < 1.29 is 0 Å². The van der Waals surface area contributed by atoms with Crippen molar-refractivity contribution in [2.24, 2.45) is 0 Å². The molecule has 12 heavy (non-hydrogen) atoms. The summed E-state index contributed by atoms with van der Waals surface area (Å²) in [6.45, 7) is 0. The smallest absolute Gasteiger partial charge is 0.00102 e. The number of hydrogen-bond donors (Lipinski definition) is 0. The first-order valence-electron chi connectivity index (χ1n) is 4.26. The summed E-state index contributed by atoms with van der Waals surface area (Å²) in [5, 5.41) is 0. The van der Waals surface area contributed by atoms with Gasteiger partial charge in [0.15, 0.2) is 0 Å². The summed E-state index contributed by atoms with van der Waals surface area (Å²) in [6, 6.07) is 10.7. The number of halogens is 1. The van der Waals surface area contributed by atoms with Crippen LogP contribution in [0.15, 0.2) is 40.4 Å². The summed E-state index contributed by atoms with van der Waals surface area (Å²) in [4.78, 5) is 0. The Hall–Kier alpha value is -0.560. The van der Waals surface area contributed by atoms with Crippen LogP contribution in [-0.4, -0.2) is 0 Å². The topological polar surface area (TPSA) is 0 Å². The highest BCUT2D eigenvalue weighted by Gasteiger charge is 2.17. The summed E-state index contributed by atoms with van der Waals surface area (Å²) >= 11 is 3.50. The van der Waals surface area contributed by atoms with E-state index in [4.69, 9.17) is 0 Å². The molecule has 0 atom stereocenters. The quantitative estimate of drug-likeness (QED) is 0.733. The van der Waals surface area contributed by atoms with Gasteiger partial charge in [-0.2, -0.15) is 0 Å². The molecule has 0 N–H and O–H groups in total. The molecule has 0 saturated heterocycles. The maximum atomic E-state index is 3.50. The first kappa shape index (κ1) is 8.06. The van der Waals surface area contributed by atoms with E-state index in [1.165, 1.54) is 29.3 Å². The van der Waals surface area contributed by atoms with Gasteiger partial charge in [0.05, 0.1) is 0 Å². The second-order valence-electron chi connectivity index (χ2n) is 3.17. The molecule has 0 nitrogen and oxygen atoms in total. The van der Waals surface area contributed by atoms with Crippen molar-refractivity contribution in [3.05, 3.63) is 46.0 Å². The molecule has 1 aromatic rings. The third-order valence-corrected chi connectivity index (χ3v) is 3.03. The molecule has 1 heteroatoms. The van der Waals surface area contributed by atoms with Crippen LogP contribution in [-0.2, 0) is 6.42 Å². The minimum atomic E-state index is 1.19. The fourth-order valence-electron chi connectivity index (χ4n) is 1.31. The Morgan fingerprint density at radius 2 is 1.75 bits per heavy atom. The minimum absolute atomic E-state index is 1.19. The Morgan fingerprint density at radius 1 is 1.08 bits per heavy atom. The Morgan fingerprint density at radius 3 is 2.33 bits per heavy atom. The van der Waals surface area contributed by atoms with Gasteiger partial charge < -0.3 is 0 Å². The van der Waals surface area contributed by atoms with Gasteiger partial charge in [-0.15, -0.1) is 0 Å². The van der Waals surface area contributed by atoms with E-state index in [2.05, 4.69) is 46.3 Å². The van der Waals surface area contributed by atoms with Crippen molar-refractivity contribution in [2.45, 2.75) is 19.3 Å². The Bertz CT molecular complexity index is 298. The number of rotatable bonds is 3. The normalized spacial score (nSPS) is 15.1. The minimum Gasteiger partial charge on any atom is -0.0622 e. The van der Waals surface area contributed by atoms with Gasteiger partial charge >= 0.3 is 0 Å². The third-order valence-electron chi connectivity index (χ3n) is 2.19. The highest BCUT2D eigenvalue weighted by Crippen LogP contribution is 2.38. The van der Waals surface area contributed by atoms with Crippen LogP contribution < -0.4 is 0 Å². The molecule has 0 saturated carbocycles. The molecule has 2 rings (SSSR count). The monoisotopic (exact) mass is 222 g/mol. The van der Waals surface area contributed by atoms with Crippen molar-refractivity contribution in [3.63, 3.8) is 0 Å². The van der Waals surface area contributed by atoms with E-state index in [-0.39, 0.29) is 0 Å². The third kappa shape index (κ3) is 1.98. The van der Waals surface area contributed by atoms with E-state index in [9.17, 15) is 0 Å². The first-order valence-corrected chi connectivity index (χ1v) is 5.06. The second-order valence-corrected chi connectivity index (χ2v) is 4.13. The number of allylic oxidation sites excluding steroid dienone is 2. The number of benzene rings is 1. The van der Waals surface area contributed by atoms with Crippen molar-refractivity contribution in [2.75, 3.05) is 0 Å². The Balaban J connectivity index is 1.89. The van der Waals surface area contributed by atoms with Crippen LogP contribution in [0.1, 0.15) is 18.4 Å². The van der Waals surface area contributed by atoms with Crippen molar-refractivity contribution >= 4 is 15.9 Å². The van der Waals surface area contributed by atoms with Crippen LogP contribution in [0.3, 0.4) is 0 Å². The van der Waals surface area contributed by atoms with E-state index in [1.54, 1.807) is 5.57 Å². The average Bonchev–Trinajstić information content (AvgIpc) is 2.81. The number of hydrogen-bond acceptors (Lipinski definition) is 0. The highest BCUT2D eigenvalue weighted by atomic mass is 79.9. The number of aryl methyl sites for hydroxylation is 1. The molecule has 0 heterocycles. The molecule has 1 aliphatic carbocycles. The van der Waals surface area contributed by atoms with Crippen LogP contribution in [0.25, 0.3) is 0 Å². The predicted octanol–water partition coefficient (Wildman–Crippen LogP) is 3.67. The zero-order valence-corrected chi connectivity index (χ0v) is 8.47. The van der Waals surface area contributed by atoms with Crippen molar-refractivity contribution in [3.8, 4) is 0 Å². The molecule has 0 unspecified atom stereocenters. The van der Waals surface area contributed by atoms with Gasteiger partial charge in [0.1, 0.15) is 0 Å². The summed E-state index contributed by atoms with van der Waals surface area (Å²) in [7, 11) is 0. The first-order chi connectivity index (χ1) is 5.86. The van der Waals surface area contributed by atoms with Gasteiger partial charge in [-0.1, -0.05) is 51.8 Å². The molecular formula is C11H11Br. The molecular weight excluding hydrogens is 212 g/mol. The standard InChI is InChI=1S/C11H11Br/c12-11-8-10(11)7-6-9-4-2-1-3-5-9/h1-5H,6-8H2. The molecule has 1 aromatic carbocycles. The van der Waals surface area contributed by atoms with Crippen molar-refractivity contribution in [1.29, 1.82) is 0 Å². The van der Waals surface area contributed by atoms with E-state index in [0.717, 1.165) is 0 Å². The van der Waals surface area contributed by atoms with Crippen LogP contribution in [0.2, 0.25) is 0 Å². The molecule has 0 aromatic heterocycles. The summed E-state index contributed by atoms with van der Waals surface area (Å²) in [5.74, 6) is 0. The fraction of sp³-hybridized carbons (Fsp3) is 0.273. The summed E-state index contributed by atoms with van der Waals surface area (Å²) in [6.07, 6.45) is 3.63. The lowest BCUT2D eigenvalue weighted by Crippen LogP contribution is -1.81. The van der Waals surface area contributed by atoms with Gasteiger partial charge in [-0.05, 0) is 22.9 Å². The zero-order valence-electron chi connectivity index (χ0n) is 6.89. The molecule has 0 spiro atoms. The summed E-state index contributed by atoms with van der Waals surface area (Å²) in [5.41, 5.74) is 3.04. The van der Waals surface area contributed by atoms with Gasteiger partial charge in [-0.25, -0.2) is 0 Å². The Kier molecular flexibility index (Phi) is 2.31. The lowest BCUT2D eigenvalue weighted by molar-refractivity contribution is 0.967. The summed E-state index contributed by atoms with van der Waals surface area (Å²) < 4.78 is 1.43. The molecule has 62 valence electrons. The van der Waals surface area contributed by atoms with E-state index in [1.807, 2.05) is 0 Å². The van der Waals surface area contributed by atoms with Crippen molar-refractivity contribution in [1.82, 2.24) is 0 Å². The molecule has 0 aliphatic heterocycles. The predicted molar refractivity (Wildman–Crippen MR) is 55.3 cm³/mol. The SMILES string of the molecule is BrC1=C(CCc2ccccc2)C1. The molecule has 0 amide bonds. The largest absolute Gasteiger partial charge is 0.0622 e. The molecule has 0 bridgehead atoms. The van der Waals surface area contributed by atoms with Gasteiger partial charge in [0.2, 0.25) is 0 Å². The van der Waals surface area contributed by atoms with Crippen LogP contribution in [0.5, 0.6) is 0 Å². The van der Waals surface area contributed by atoms with E-state index < -0.39 is 0 Å². The lowest BCUT2D eigenvalue weighted by atomic mass is 10.1. The fourth-order valence-corrected chi connectivity index (χ4v) is 1.84.